The van der Waals surface area contributed by atoms with Gasteiger partial charge in [-0.3, -0.25) is 18.7 Å². The Bertz CT molecular complexity index is 1770. The average molecular weight is 575 g/mol. The summed E-state index contributed by atoms with van der Waals surface area (Å²) in [4.78, 5) is 31.7. The van der Waals surface area contributed by atoms with Crippen molar-refractivity contribution in [1.82, 2.24) is 14.1 Å². The summed E-state index contributed by atoms with van der Waals surface area (Å²) in [5, 5.41) is 3.32. The molecule has 39 heavy (non-hydrogen) atoms. The number of amides is 1. The topological polar surface area (TPSA) is 78.1 Å². The minimum Gasteiger partial charge on any atom is -0.494 e. The first-order valence-electron chi connectivity index (χ1n) is 12.3. The van der Waals surface area contributed by atoms with Gasteiger partial charge in [0.05, 0.1) is 18.0 Å². The molecule has 2 heterocycles. The van der Waals surface area contributed by atoms with Crippen molar-refractivity contribution in [3.8, 4) is 17.1 Å². The van der Waals surface area contributed by atoms with Crippen molar-refractivity contribution < 1.29 is 9.53 Å². The van der Waals surface area contributed by atoms with E-state index in [0.717, 1.165) is 22.6 Å². The van der Waals surface area contributed by atoms with E-state index in [1.165, 1.54) is 23.1 Å². The van der Waals surface area contributed by atoms with Gasteiger partial charge < -0.3 is 10.1 Å². The van der Waals surface area contributed by atoms with Gasteiger partial charge in [0.25, 0.3) is 5.56 Å². The molecule has 1 N–H and O–H groups in total. The van der Waals surface area contributed by atoms with Gasteiger partial charge in [-0.1, -0.05) is 59.0 Å². The van der Waals surface area contributed by atoms with Gasteiger partial charge in [0.15, 0.2) is 14.8 Å². The van der Waals surface area contributed by atoms with Crippen LogP contribution in [0.15, 0.2) is 82.7 Å². The number of thioether (sulfide) groups is 1. The van der Waals surface area contributed by atoms with Crippen LogP contribution in [0.3, 0.4) is 0 Å². The highest BCUT2D eigenvalue weighted by atomic mass is 32.2. The van der Waals surface area contributed by atoms with Crippen molar-refractivity contribution >= 4 is 57.3 Å². The highest BCUT2D eigenvalue weighted by molar-refractivity contribution is 7.99. The van der Waals surface area contributed by atoms with Crippen molar-refractivity contribution in [3.63, 3.8) is 0 Å². The van der Waals surface area contributed by atoms with E-state index in [0.29, 0.717) is 37.4 Å². The fourth-order valence-corrected chi connectivity index (χ4v) is 6.21. The number of para-hydroxylation sites is 1. The van der Waals surface area contributed by atoms with Crippen LogP contribution in [0, 0.1) is 17.8 Å². The first kappa shape index (κ1) is 26.9. The molecule has 5 aromatic rings. The van der Waals surface area contributed by atoms with Crippen molar-refractivity contribution in [2.24, 2.45) is 0 Å². The van der Waals surface area contributed by atoms with Crippen LogP contribution in [0.2, 0.25) is 0 Å². The molecule has 0 fully saturated rings. The molecule has 5 rings (SSSR count). The zero-order valence-electron chi connectivity index (χ0n) is 21.6. The minimum atomic E-state index is -0.225. The fourth-order valence-electron chi connectivity index (χ4n) is 4.11. The molecule has 3 aromatic carbocycles. The molecule has 0 atom stereocenters. The van der Waals surface area contributed by atoms with Gasteiger partial charge in [-0.2, -0.15) is 0 Å². The highest BCUT2D eigenvalue weighted by Crippen LogP contribution is 2.29. The second kappa shape index (κ2) is 11.6. The number of thiazole rings is 1. The smallest absolute Gasteiger partial charge is 0.278 e. The number of aryl methyl sites for hydroxylation is 2. The maximum atomic E-state index is 13.9. The van der Waals surface area contributed by atoms with Gasteiger partial charge in [0.2, 0.25) is 5.91 Å². The Kier molecular flexibility index (Phi) is 7.97. The molecule has 0 aliphatic carbocycles. The van der Waals surface area contributed by atoms with Crippen LogP contribution in [0.5, 0.6) is 5.75 Å². The summed E-state index contributed by atoms with van der Waals surface area (Å²) in [6, 6.07) is 22.7. The van der Waals surface area contributed by atoms with Gasteiger partial charge >= 0.3 is 0 Å². The summed E-state index contributed by atoms with van der Waals surface area (Å²) in [5.41, 5.74) is 4.48. The molecule has 7 nitrogen and oxygen atoms in total. The van der Waals surface area contributed by atoms with E-state index in [1.807, 2.05) is 93.6 Å². The zero-order valence-corrected chi connectivity index (χ0v) is 24.1. The summed E-state index contributed by atoms with van der Waals surface area (Å²) < 4.78 is 9.90. The number of benzene rings is 3. The van der Waals surface area contributed by atoms with Crippen LogP contribution in [-0.4, -0.2) is 32.4 Å². The molecule has 0 saturated heterocycles. The third-order valence-corrected chi connectivity index (χ3v) is 8.30. The molecule has 0 aliphatic rings. The molecule has 0 aliphatic heterocycles. The first-order chi connectivity index (χ1) is 18.9. The monoisotopic (exact) mass is 574 g/mol. The number of carbonyl (C=O) groups is 1. The SMILES string of the molecule is CCOc1ccc(-n2c(=S)sc3c(=O)n(-c4ccccc4C)c(SCC(=O)Nc4ccc(C)cc4)nc32)cc1. The Morgan fingerprint density at radius 3 is 2.44 bits per heavy atom. The van der Waals surface area contributed by atoms with Crippen LogP contribution >= 0.6 is 35.3 Å². The van der Waals surface area contributed by atoms with Gasteiger partial charge in [-0.05, 0) is 81.0 Å². The number of carbonyl (C=O) groups excluding carboxylic acids is 1. The zero-order chi connectivity index (χ0) is 27.5. The van der Waals surface area contributed by atoms with Gasteiger partial charge in [0, 0.05) is 11.4 Å². The summed E-state index contributed by atoms with van der Waals surface area (Å²) in [7, 11) is 0. The third-order valence-electron chi connectivity index (χ3n) is 6.01. The van der Waals surface area contributed by atoms with Crippen LogP contribution in [0.25, 0.3) is 21.7 Å². The van der Waals surface area contributed by atoms with Gasteiger partial charge in [0.1, 0.15) is 10.4 Å². The van der Waals surface area contributed by atoms with Gasteiger partial charge in [-0.15, -0.1) is 0 Å². The Morgan fingerprint density at radius 1 is 1.03 bits per heavy atom. The second-order valence-electron chi connectivity index (χ2n) is 8.81. The third kappa shape index (κ3) is 5.68. The first-order valence-corrected chi connectivity index (χ1v) is 14.5. The van der Waals surface area contributed by atoms with Crippen molar-refractivity contribution in [1.29, 1.82) is 0 Å². The lowest BCUT2D eigenvalue weighted by Gasteiger charge is -2.15. The maximum absolute atomic E-state index is 13.9. The van der Waals surface area contributed by atoms with E-state index in [9.17, 15) is 9.59 Å². The van der Waals surface area contributed by atoms with E-state index >= 15 is 0 Å². The van der Waals surface area contributed by atoms with E-state index in [1.54, 1.807) is 9.13 Å². The number of anilines is 1. The van der Waals surface area contributed by atoms with Crippen molar-refractivity contribution in [2.45, 2.75) is 25.9 Å². The molecule has 0 spiro atoms. The summed E-state index contributed by atoms with van der Waals surface area (Å²) in [6.45, 7) is 6.43. The number of nitrogens with one attached hydrogen (secondary N) is 1. The quantitative estimate of drug-likeness (QED) is 0.126. The van der Waals surface area contributed by atoms with E-state index in [4.69, 9.17) is 21.9 Å². The van der Waals surface area contributed by atoms with Crippen molar-refractivity contribution in [3.05, 3.63) is 98.2 Å². The Labute approximate surface area is 239 Å². The molecule has 2 aromatic heterocycles. The molecular formula is C29H26N4O3S3. The standard InChI is InChI=1S/C29H26N4O3S3/c1-4-36-22-15-13-21(14-16-22)32-26-25(39-29(32)37)27(35)33(23-8-6-5-7-19(23)3)28(31-26)38-17-24(34)30-20-11-9-18(2)10-12-20/h5-16H,4,17H2,1-3H3,(H,30,34). The Morgan fingerprint density at radius 2 is 1.74 bits per heavy atom. The van der Waals surface area contributed by atoms with Crippen LogP contribution < -0.4 is 15.6 Å². The van der Waals surface area contributed by atoms with Gasteiger partial charge in [-0.25, -0.2) is 4.98 Å². The Balaban J connectivity index is 1.59. The lowest BCUT2D eigenvalue weighted by atomic mass is 10.2. The average Bonchev–Trinajstić information content (AvgIpc) is 3.26. The number of hydrogen-bond acceptors (Lipinski definition) is 7. The number of hydrogen-bond donors (Lipinski definition) is 1. The lowest BCUT2D eigenvalue weighted by Crippen LogP contribution is -2.23. The fraction of sp³-hybridized carbons (Fsp3) is 0.172. The Hall–Kier alpha value is -3.73. The normalized spacial score (nSPS) is 11.1. The summed E-state index contributed by atoms with van der Waals surface area (Å²) in [6.07, 6.45) is 0. The second-order valence-corrected chi connectivity index (χ2v) is 11.4. The van der Waals surface area contributed by atoms with E-state index in [2.05, 4.69) is 5.32 Å². The van der Waals surface area contributed by atoms with Crippen LogP contribution in [-0.2, 0) is 4.79 Å². The molecule has 0 saturated carbocycles. The predicted octanol–water partition coefficient (Wildman–Crippen LogP) is 6.71. The lowest BCUT2D eigenvalue weighted by molar-refractivity contribution is -0.113. The maximum Gasteiger partial charge on any atom is 0.278 e. The van der Waals surface area contributed by atoms with E-state index in [-0.39, 0.29) is 17.2 Å². The van der Waals surface area contributed by atoms with E-state index < -0.39 is 0 Å². The molecule has 0 bridgehead atoms. The number of fused-ring (bicyclic) bond motifs is 1. The number of aromatic nitrogens is 3. The van der Waals surface area contributed by atoms with Crippen LogP contribution in [0.1, 0.15) is 18.1 Å². The van der Waals surface area contributed by atoms with Crippen molar-refractivity contribution in [2.75, 3.05) is 17.7 Å². The molecule has 0 radical (unpaired) electrons. The summed E-state index contributed by atoms with van der Waals surface area (Å²) >= 11 is 8.12. The number of nitrogens with zero attached hydrogens (tertiary/aromatic N) is 3. The molecule has 1 amide bonds. The number of ether oxygens (including phenoxy) is 1. The molecular weight excluding hydrogens is 549 g/mol. The minimum absolute atomic E-state index is 0.0750. The molecule has 0 unspecified atom stereocenters. The highest BCUT2D eigenvalue weighted by Gasteiger charge is 2.20. The largest absolute Gasteiger partial charge is 0.494 e. The molecule has 10 heteroatoms. The van der Waals surface area contributed by atoms with Crippen LogP contribution in [0.4, 0.5) is 5.69 Å². The molecule has 198 valence electrons. The number of rotatable bonds is 8. The predicted molar refractivity (Wildman–Crippen MR) is 162 cm³/mol. The summed E-state index contributed by atoms with van der Waals surface area (Å²) in [5.74, 6) is 0.632.